The molecule has 30 heavy (non-hydrogen) atoms. The maximum absolute atomic E-state index is 10.2. The molecule has 3 N–H and O–H groups in total. The fraction of sp³-hybridized carbons (Fsp3) is 0.435. The number of aromatic nitrogens is 2. The Labute approximate surface area is 178 Å². The SMILES string of the molecule is C/C=C1\c2c(cc(-c3ccc(C(C)(C)O)nc3)nc2NC[C@@H]2CCCN2)N=CN1C. The highest BCUT2D eigenvalue weighted by atomic mass is 16.3. The number of rotatable bonds is 5. The summed E-state index contributed by atoms with van der Waals surface area (Å²) in [6.45, 7) is 7.39. The van der Waals surface area contributed by atoms with Crippen LogP contribution in [0, 0.1) is 0 Å². The first-order valence-electron chi connectivity index (χ1n) is 10.5. The molecule has 2 aromatic heterocycles. The molecule has 158 valence electrons. The van der Waals surface area contributed by atoms with E-state index in [1.54, 1.807) is 20.0 Å². The van der Waals surface area contributed by atoms with Gasteiger partial charge in [-0.05, 0) is 58.4 Å². The van der Waals surface area contributed by atoms with Crippen LogP contribution in [0.5, 0.6) is 0 Å². The molecule has 4 rings (SSSR count). The first-order valence-corrected chi connectivity index (χ1v) is 10.5. The van der Waals surface area contributed by atoms with Crippen LogP contribution in [0.25, 0.3) is 17.0 Å². The molecule has 2 aliphatic heterocycles. The third-order valence-corrected chi connectivity index (χ3v) is 5.64. The average molecular weight is 407 g/mol. The zero-order chi connectivity index (χ0) is 21.3. The predicted molar refractivity (Wildman–Crippen MR) is 122 cm³/mol. The third kappa shape index (κ3) is 4.08. The highest BCUT2D eigenvalue weighted by Crippen LogP contribution is 2.39. The maximum Gasteiger partial charge on any atom is 0.138 e. The van der Waals surface area contributed by atoms with Gasteiger partial charge in [-0.1, -0.05) is 6.08 Å². The standard InChI is InChI=1S/C23H30N6O/c1-5-19-21-18(27-14-29(19)4)11-17(15-8-9-20(25-12-15)23(2,3)30)28-22(21)26-13-16-7-6-10-24-16/h5,8-9,11-12,14,16,24,30H,6-7,10,13H2,1-4H3,(H,26,28)/b19-5+/t16-/m0/s1. The number of fused-ring (bicyclic) bond motifs is 1. The van der Waals surface area contributed by atoms with Crippen LogP contribution in [0.1, 0.15) is 44.9 Å². The molecule has 0 radical (unpaired) electrons. The number of hydrogen-bond acceptors (Lipinski definition) is 7. The van der Waals surface area contributed by atoms with Crippen molar-refractivity contribution in [1.82, 2.24) is 20.2 Å². The van der Waals surface area contributed by atoms with Crippen molar-refractivity contribution in [3.63, 3.8) is 0 Å². The van der Waals surface area contributed by atoms with Gasteiger partial charge in [0.25, 0.3) is 0 Å². The molecule has 1 atom stereocenters. The number of aliphatic hydroxyl groups is 1. The van der Waals surface area contributed by atoms with E-state index >= 15 is 0 Å². The monoisotopic (exact) mass is 406 g/mol. The van der Waals surface area contributed by atoms with Gasteiger partial charge >= 0.3 is 0 Å². The molecule has 2 aromatic rings. The minimum Gasteiger partial charge on any atom is -0.384 e. The Morgan fingerprint density at radius 1 is 1.37 bits per heavy atom. The highest BCUT2D eigenvalue weighted by Gasteiger charge is 2.24. The van der Waals surface area contributed by atoms with Gasteiger partial charge in [0.05, 0.1) is 34.7 Å². The number of aliphatic imine (C=N–C) groups is 1. The molecule has 0 aromatic carbocycles. The van der Waals surface area contributed by atoms with Gasteiger partial charge in [-0.15, -0.1) is 0 Å². The van der Waals surface area contributed by atoms with Gasteiger partial charge in [-0.2, -0.15) is 0 Å². The zero-order valence-electron chi connectivity index (χ0n) is 18.1. The second-order valence-electron chi connectivity index (χ2n) is 8.44. The van der Waals surface area contributed by atoms with Crippen LogP contribution < -0.4 is 10.6 Å². The minimum atomic E-state index is -0.974. The molecule has 2 aliphatic rings. The number of allylic oxidation sites excluding steroid dienone is 1. The summed E-state index contributed by atoms with van der Waals surface area (Å²) in [4.78, 5) is 16.1. The van der Waals surface area contributed by atoms with Gasteiger partial charge in [0.2, 0.25) is 0 Å². The van der Waals surface area contributed by atoms with Gasteiger partial charge < -0.3 is 20.6 Å². The van der Waals surface area contributed by atoms with E-state index in [-0.39, 0.29) is 0 Å². The van der Waals surface area contributed by atoms with Crippen molar-refractivity contribution in [2.24, 2.45) is 4.99 Å². The molecule has 7 nitrogen and oxygen atoms in total. The fourth-order valence-electron chi connectivity index (χ4n) is 3.96. The molecule has 0 aliphatic carbocycles. The molecular formula is C23H30N6O. The molecule has 0 bridgehead atoms. The number of anilines is 1. The molecule has 7 heteroatoms. The van der Waals surface area contributed by atoms with Crippen molar-refractivity contribution in [3.8, 4) is 11.3 Å². The van der Waals surface area contributed by atoms with Crippen LogP contribution >= 0.6 is 0 Å². The normalized spacial score (nSPS) is 20.0. The molecule has 0 saturated carbocycles. The van der Waals surface area contributed by atoms with Crippen molar-refractivity contribution < 1.29 is 5.11 Å². The van der Waals surface area contributed by atoms with E-state index < -0.39 is 5.60 Å². The fourth-order valence-corrected chi connectivity index (χ4v) is 3.96. The van der Waals surface area contributed by atoms with Gasteiger partial charge in [0.1, 0.15) is 11.4 Å². The Balaban J connectivity index is 1.74. The second kappa shape index (κ2) is 8.16. The molecule has 4 heterocycles. The molecule has 1 fully saturated rings. The van der Waals surface area contributed by atoms with Crippen molar-refractivity contribution in [3.05, 3.63) is 41.7 Å². The lowest BCUT2D eigenvalue weighted by Crippen LogP contribution is -2.30. The van der Waals surface area contributed by atoms with Crippen LogP contribution in [0.4, 0.5) is 11.5 Å². The van der Waals surface area contributed by atoms with Crippen LogP contribution in [0.2, 0.25) is 0 Å². The Kier molecular flexibility index (Phi) is 5.58. The van der Waals surface area contributed by atoms with E-state index in [1.807, 2.05) is 43.4 Å². The molecule has 1 saturated heterocycles. The highest BCUT2D eigenvalue weighted by molar-refractivity contribution is 5.92. The summed E-state index contributed by atoms with van der Waals surface area (Å²) in [5.74, 6) is 0.833. The summed E-state index contributed by atoms with van der Waals surface area (Å²) < 4.78 is 0. The number of pyridine rings is 2. The average Bonchev–Trinajstić information content (AvgIpc) is 3.25. The van der Waals surface area contributed by atoms with E-state index in [9.17, 15) is 5.11 Å². The predicted octanol–water partition coefficient (Wildman–Crippen LogP) is 3.50. The Hall–Kier alpha value is -2.77. The number of nitrogens with one attached hydrogen (secondary N) is 2. The minimum absolute atomic E-state index is 0.456. The van der Waals surface area contributed by atoms with Crippen molar-refractivity contribution in [2.75, 3.05) is 25.5 Å². The maximum atomic E-state index is 10.2. The Bertz CT molecular complexity index is 968. The lowest BCUT2D eigenvalue weighted by Gasteiger charge is -2.26. The summed E-state index contributed by atoms with van der Waals surface area (Å²) in [6, 6.07) is 6.26. The van der Waals surface area contributed by atoms with Crippen LogP contribution in [0.3, 0.4) is 0 Å². The van der Waals surface area contributed by atoms with E-state index in [4.69, 9.17) is 4.98 Å². The van der Waals surface area contributed by atoms with E-state index in [1.165, 1.54) is 12.8 Å². The van der Waals surface area contributed by atoms with Gasteiger partial charge in [0.15, 0.2) is 0 Å². The smallest absolute Gasteiger partial charge is 0.138 e. The van der Waals surface area contributed by atoms with Crippen LogP contribution in [-0.2, 0) is 5.60 Å². The molecular weight excluding hydrogens is 376 g/mol. The topological polar surface area (TPSA) is 85.7 Å². The summed E-state index contributed by atoms with van der Waals surface area (Å²) in [5, 5.41) is 17.3. The van der Waals surface area contributed by atoms with E-state index in [2.05, 4.69) is 26.7 Å². The van der Waals surface area contributed by atoms with Gasteiger partial charge in [-0.3, -0.25) is 4.98 Å². The van der Waals surface area contributed by atoms with Crippen molar-refractivity contribution in [1.29, 1.82) is 0 Å². The largest absolute Gasteiger partial charge is 0.384 e. The van der Waals surface area contributed by atoms with E-state index in [0.29, 0.717) is 11.7 Å². The van der Waals surface area contributed by atoms with Crippen LogP contribution in [-0.4, -0.2) is 52.5 Å². The van der Waals surface area contributed by atoms with Crippen molar-refractivity contribution >= 4 is 23.5 Å². The Morgan fingerprint density at radius 3 is 2.83 bits per heavy atom. The number of nitrogens with zero attached hydrogens (tertiary/aromatic N) is 4. The summed E-state index contributed by atoms with van der Waals surface area (Å²) in [6.07, 6.45) is 8.07. The molecule has 0 unspecified atom stereocenters. The lowest BCUT2D eigenvalue weighted by atomic mass is 10.0. The van der Waals surface area contributed by atoms with Crippen LogP contribution in [0.15, 0.2) is 35.5 Å². The Morgan fingerprint density at radius 2 is 2.20 bits per heavy atom. The quantitative estimate of drug-likeness (QED) is 0.705. The second-order valence-corrected chi connectivity index (χ2v) is 8.44. The number of hydrogen-bond donors (Lipinski definition) is 3. The summed E-state index contributed by atoms with van der Waals surface area (Å²) >= 11 is 0. The van der Waals surface area contributed by atoms with Gasteiger partial charge in [0, 0.05) is 31.4 Å². The van der Waals surface area contributed by atoms with Crippen molar-refractivity contribution in [2.45, 2.75) is 45.3 Å². The third-order valence-electron chi connectivity index (χ3n) is 5.64. The lowest BCUT2D eigenvalue weighted by molar-refractivity contribution is 0.0739. The summed E-state index contributed by atoms with van der Waals surface area (Å²) in [5.41, 5.74) is 4.34. The first kappa shape index (κ1) is 20.5. The van der Waals surface area contributed by atoms with E-state index in [0.717, 1.165) is 47.1 Å². The molecule has 0 spiro atoms. The molecule has 0 amide bonds. The van der Waals surface area contributed by atoms with Gasteiger partial charge in [-0.25, -0.2) is 9.98 Å². The summed E-state index contributed by atoms with van der Waals surface area (Å²) in [7, 11) is 2.00. The first-order chi connectivity index (χ1) is 14.4. The zero-order valence-corrected chi connectivity index (χ0v) is 18.1.